The lowest BCUT2D eigenvalue weighted by Crippen LogP contribution is -2.27. The number of aromatic nitrogens is 3. The van der Waals surface area contributed by atoms with Crippen molar-refractivity contribution in [2.24, 2.45) is 0 Å². The van der Waals surface area contributed by atoms with Crippen LogP contribution in [0.25, 0.3) is 16.6 Å². The number of nitriles is 1. The van der Waals surface area contributed by atoms with Crippen molar-refractivity contribution in [3.8, 4) is 11.8 Å². The largest absolute Gasteiger partial charge is 0.464 e. The third kappa shape index (κ3) is 2.59. The molecule has 0 saturated heterocycles. The van der Waals surface area contributed by atoms with Crippen LogP contribution >= 0.6 is 0 Å². The maximum atomic E-state index is 13.3. The van der Waals surface area contributed by atoms with Crippen molar-refractivity contribution in [2.75, 3.05) is 4.90 Å². The van der Waals surface area contributed by atoms with Gasteiger partial charge in [-0.25, -0.2) is 19.7 Å². The fourth-order valence-corrected chi connectivity index (χ4v) is 3.66. The predicted molar refractivity (Wildman–Crippen MR) is 110 cm³/mol. The minimum Gasteiger partial charge on any atom is -0.464 e. The van der Waals surface area contributed by atoms with Gasteiger partial charge in [0.05, 0.1) is 34.0 Å². The molecule has 31 heavy (non-hydrogen) atoms. The van der Waals surface area contributed by atoms with E-state index in [9.17, 15) is 19.5 Å². The molecule has 2 aromatic carbocycles. The molecule has 0 bridgehead atoms. The highest BCUT2D eigenvalue weighted by Crippen LogP contribution is 2.32. The summed E-state index contributed by atoms with van der Waals surface area (Å²) in [5.41, 5.74) is 0.471. The Balaban J connectivity index is 1.81. The van der Waals surface area contributed by atoms with E-state index in [0.29, 0.717) is 5.69 Å². The van der Waals surface area contributed by atoms with Gasteiger partial charge in [-0.15, -0.1) is 0 Å². The Hall–Kier alpha value is -4.84. The Labute approximate surface area is 174 Å². The van der Waals surface area contributed by atoms with Crippen molar-refractivity contribution in [2.45, 2.75) is 0 Å². The molecular formula is C22H11N5O4. The van der Waals surface area contributed by atoms with Crippen molar-refractivity contribution < 1.29 is 14.7 Å². The number of rotatable bonds is 2. The predicted octanol–water partition coefficient (Wildman–Crippen LogP) is 3.01. The van der Waals surface area contributed by atoms with Gasteiger partial charge in [0.25, 0.3) is 5.56 Å². The van der Waals surface area contributed by atoms with Crippen molar-refractivity contribution in [3.63, 3.8) is 0 Å². The number of pyridine rings is 1. The summed E-state index contributed by atoms with van der Waals surface area (Å²) >= 11 is 0. The Morgan fingerprint density at radius 3 is 2.65 bits per heavy atom. The van der Waals surface area contributed by atoms with Gasteiger partial charge < -0.3 is 5.11 Å². The van der Waals surface area contributed by atoms with Gasteiger partial charge in [-0.3, -0.25) is 14.2 Å². The van der Waals surface area contributed by atoms with Gasteiger partial charge in [-0.1, -0.05) is 12.1 Å². The first-order chi connectivity index (χ1) is 15.0. The molecule has 0 saturated carbocycles. The normalized spacial score (nSPS) is 11.6. The van der Waals surface area contributed by atoms with Gasteiger partial charge in [0, 0.05) is 6.20 Å². The van der Waals surface area contributed by atoms with Crippen LogP contribution in [-0.4, -0.2) is 31.5 Å². The molecular weight excluding hydrogens is 398 g/mol. The number of hydrogen-bond donors (Lipinski definition) is 1. The lowest BCUT2D eigenvalue weighted by Gasteiger charge is -2.19. The van der Waals surface area contributed by atoms with Gasteiger partial charge in [0.2, 0.25) is 5.78 Å². The van der Waals surface area contributed by atoms with Crippen LogP contribution in [0.2, 0.25) is 0 Å². The number of ketones is 1. The zero-order valence-corrected chi connectivity index (χ0v) is 15.7. The van der Waals surface area contributed by atoms with Crippen LogP contribution in [0.1, 0.15) is 21.7 Å². The number of nitrogens with zero attached hydrogens (tertiary/aromatic N) is 5. The number of fused-ring (bicyclic) bond motifs is 4. The van der Waals surface area contributed by atoms with Gasteiger partial charge in [-0.2, -0.15) is 5.26 Å². The second kappa shape index (κ2) is 6.60. The van der Waals surface area contributed by atoms with Crippen LogP contribution in [0, 0.1) is 11.3 Å². The minimum atomic E-state index is -1.32. The Morgan fingerprint density at radius 2 is 1.94 bits per heavy atom. The van der Waals surface area contributed by atoms with E-state index < -0.39 is 17.4 Å². The summed E-state index contributed by atoms with van der Waals surface area (Å²) in [6.07, 6.45) is 0.130. The number of para-hydroxylation sites is 1. The molecule has 1 aliphatic rings. The number of carbonyl (C=O) groups is 2. The van der Waals surface area contributed by atoms with Gasteiger partial charge >= 0.3 is 6.09 Å². The summed E-state index contributed by atoms with van der Waals surface area (Å²) in [5.74, 6) is -0.528. The van der Waals surface area contributed by atoms with E-state index in [0.717, 1.165) is 4.90 Å². The fraction of sp³-hybridized carbons (Fsp3) is 0. The Bertz CT molecular complexity index is 1520. The molecule has 2 aromatic heterocycles. The van der Waals surface area contributed by atoms with Crippen molar-refractivity contribution in [1.82, 2.24) is 14.5 Å². The van der Waals surface area contributed by atoms with E-state index in [1.54, 1.807) is 18.2 Å². The number of benzene rings is 2. The summed E-state index contributed by atoms with van der Waals surface area (Å²) in [5, 5.41) is 19.1. The molecule has 3 heterocycles. The maximum absolute atomic E-state index is 13.3. The van der Waals surface area contributed by atoms with Gasteiger partial charge in [0.1, 0.15) is 11.3 Å². The first-order valence-electron chi connectivity index (χ1n) is 9.10. The summed E-state index contributed by atoms with van der Waals surface area (Å²) in [6.45, 7) is 0. The molecule has 9 nitrogen and oxygen atoms in total. The molecule has 0 spiro atoms. The van der Waals surface area contributed by atoms with E-state index in [1.165, 1.54) is 47.2 Å². The molecule has 0 aliphatic carbocycles. The SMILES string of the molecule is N#Cc1ccc2c(c1)C(=O)c1nc3c(N(C(=O)O)c4ccccn4)cccc3c(=O)n1-2. The first-order valence-corrected chi connectivity index (χ1v) is 9.10. The van der Waals surface area contributed by atoms with E-state index in [-0.39, 0.29) is 39.4 Å². The molecule has 0 atom stereocenters. The van der Waals surface area contributed by atoms with Crippen molar-refractivity contribution in [3.05, 3.63) is 88.1 Å². The van der Waals surface area contributed by atoms with Crippen LogP contribution in [0.3, 0.4) is 0 Å². The zero-order chi connectivity index (χ0) is 21.7. The third-order valence-corrected chi connectivity index (χ3v) is 5.00. The molecule has 9 heteroatoms. The average Bonchev–Trinajstić information content (AvgIpc) is 3.06. The molecule has 148 valence electrons. The monoisotopic (exact) mass is 409 g/mol. The number of anilines is 2. The lowest BCUT2D eigenvalue weighted by atomic mass is 10.1. The third-order valence-electron chi connectivity index (χ3n) is 5.00. The fourth-order valence-electron chi connectivity index (χ4n) is 3.66. The molecule has 5 rings (SSSR count). The van der Waals surface area contributed by atoms with Crippen LogP contribution in [-0.2, 0) is 0 Å². The number of carbonyl (C=O) groups excluding carboxylic acids is 1. The van der Waals surface area contributed by atoms with Gasteiger partial charge in [0.15, 0.2) is 5.82 Å². The number of hydrogen-bond acceptors (Lipinski definition) is 6. The highest BCUT2D eigenvalue weighted by Gasteiger charge is 2.32. The quantitative estimate of drug-likeness (QED) is 0.474. The van der Waals surface area contributed by atoms with Gasteiger partial charge in [-0.05, 0) is 42.5 Å². The Morgan fingerprint density at radius 1 is 1.10 bits per heavy atom. The number of carboxylic acid groups (broad SMARTS) is 1. The van der Waals surface area contributed by atoms with Crippen molar-refractivity contribution >= 4 is 34.3 Å². The molecule has 0 radical (unpaired) electrons. The van der Waals surface area contributed by atoms with E-state index in [1.807, 2.05) is 6.07 Å². The zero-order valence-electron chi connectivity index (χ0n) is 15.7. The summed E-state index contributed by atoms with van der Waals surface area (Å²) < 4.78 is 1.19. The topological polar surface area (TPSA) is 129 Å². The van der Waals surface area contributed by atoms with Crippen LogP contribution in [0.15, 0.2) is 65.6 Å². The standard InChI is InChI=1S/C22H11N5O4/c23-11-12-7-8-15-14(10-12)19(28)20-25-18-13(21(29)27(15)20)4-3-5-16(18)26(22(30)31)17-6-1-2-9-24-17/h1-10H,(H,30,31). The smallest absolute Gasteiger partial charge is 0.417 e. The molecule has 1 N–H and O–H groups in total. The Kier molecular flexibility index (Phi) is 3.88. The van der Waals surface area contributed by atoms with Crippen molar-refractivity contribution in [1.29, 1.82) is 5.26 Å². The van der Waals surface area contributed by atoms with E-state index in [2.05, 4.69) is 9.97 Å². The second-order valence-electron chi connectivity index (χ2n) is 6.73. The summed E-state index contributed by atoms with van der Waals surface area (Å²) in [7, 11) is 0. The number of amides is 1. The molecule has 1 aliphatic heterocycles. The summed E-state index contributed by atoms with van der Waals surface area (Å²) in [6, 6.07) is 15.8. The molecule has 4 aromatic rings. The highest BCUT2D eigenvalue weighted by atomic mass is 16.4. The first kappa shape index (κ1) is 18.2. The van der Waals surface area contributed by atoms with E-state index in [4.69, 9.17) is 5.26 Å². The van der Waals surface area contributed by atoms with E-state index >= 15 is 0 Å². The molecule has 0 unspecified atom stereocenters. The van der Waals surface area contributed by atoms with Crippen LogP contribution in [0.5, 0.6) is 0 Å². The second-order valence-corrected chi connectivity index (χ2v) is 6.73. The van der Waals surface area contributed by atoms with Crippen LogP contribution in [0.4, 0.5) is 16.3 Å². The lowest BCUT2D eigenvalue weighted by molar-refractivity contribution is 0.103. The molecule has 0 fully saturated rings. The summed E-state index contributed by atoms with van der Waals surface area (Å²) in [4.78, 5) is 47.7. The molecule has 1 amide bonds. The maximum Gasteiger partial charge on any atom is 0.417 e. The highest BCUT2D eigenvalue weighted by molar-refractivity contribution is 6.14. The average molecular weight is 409 g/mol. The van der Waals surface area contributed by atoms with Crippen LogP contribution < -0.4 is 10.5 Å². The minimum absolute atomic E-state index is 0.0634.